The summed E-state index contributed by atoms with van der Waals surface area (Å²) in [7, 11) is 3.07. The van der Waals surface area contributed by atoms with Crippen molar-refractivity contribution in [1.82, 2.24) is 5.32 Å². The van der Waals surface area contributed by atoms with Gasteiger partial charge < -0.3 is 29.0 Å². The molecule has 0 radical (unpaired) electrons. The van der Waals surface area contributed by atoms with Gasteiger partial charge in [-0.05, 0) is 50.1 Å². The van der Waals surface area contributed by atoms with Crippen molar-refractivity contribution in [1.29, 1.82) is 0 Å². The third-order valence-corrected chi connectivity index (χ3v) is 4.07. The standard InChI is InChI=1S/C22H29NO6/c1-5-27-17-11-10-16(14-20(17)28-6-2)12-13-23-21(24)15-29-22-18(25-3)8-7-9-19(22)26-4/h7-11,14H,5-6,12-13,15H2,1-4H3,(H,23,24). The predicted molar refractivity (Wildman–Crippen MR) is 111 cm³/mol. The van der Waals surface area contributed by atoms with Crippen LogP contribution >= 0.6 is 0 Å². The summed E-state index contributed by atoms with van der Waals surface area (Å²) in [6, 6.07) is 11.1. The van der Waals surface area contributed by atoms with E-state index < -0.39 is 0 Å². The number of hydrogen-bond acceptors (Lipinski definition) is 6. The molecule has 7 heteroatoms. The summed E-state index contributed by atoms with van der Waals surface area (Å²) in [6.07, 6.45) is 0.663. The molecule has 0 heterocycles. The highest BCUT2D eigenvalue weighted by Gasteiger charge is 2.13. The van der Waals surface area contributed by atoms with E-state index in [0.29, 0.717) is 49.2 Å². The number of carbonyl (C=O) groups excluding carboxylic acids is 1. The molecule has 0 saturated carbocycles. The normalized spacial score (nSPS) is 10.2. The summed E-state index contributed by atoms with van der Waals surface area (Å²) >= 11 is 0. The molecule has 1 N–H and O–H groups in total. The van der Waals surface area contributed by atoms with E-state index >= 15 is 0 Å². The van der Waals surface area contributed by atoms with Gasteiger partial charge in [0.15, 0.2) is 29.6 Å². The fourth-order valence-corrected chi connectivity index (χ4v) is 2.75. The van der Waals surface area contributed by atoms with Crippen molar-refractivity contribution in [2.24, 2.45) is 0 Å². The van der Waals surface area contributed by atoms with E-state index in [1.54, 1.807) is 18.2 Å². The fraction of sp³-hybridized carbons (Fsp3) is 0.409. The van der Waals surface area contributed by atoms with E-state index in [1.165, 1.54) is 14.2 Å². The largest absolute Gasteiger partial charge is 0.493 e. The summed E-state index contributed by atoms with van der Waals surface area (Å²) in [5.41, 5.74) is 1.05. The zero-order chi connectivity index (χ0) is 21.1. The number of para-hydroxylation sites is 1. The monoisotopic (exact) mass is 403 g/mol. The summed E-state index contributed by atoms with van der Waals surface area (Å²) in [4.78, 5) is 12.2. The minimum absolute atomic E-state index is 0.135. The second-order valence-corrected chi connectivity index (χ2v) is 6.03. The van der Waals surface area contributed by atoms with Gasteiger partial charge in [0.25, 0.3) is 5.91 Å². The van der Waals surface area contributed by atoms with Crippen LogP contribution < -0.4 is 29.0 Å². The van der Waals surface area contributed by atoms with E-state index in [0.717, 1.165) is 11.3 Å². The lowest BCUT2D eigenvalue weighted by Gasteiger charge is -2.14. The zero-order valence-electron chi connectivity index (χ0n) is 17.4. The number of carbonyl (C=O) groups is 1. The van der Waals surface area contributed by atoms with Gasteiger partial charge >= 0.3 is 0 Å². The van der Waals surface area contributed by atoms with Gasteiger partial charge in [-0.15, -0.1) is 0 Å². The number of ether oxygens (including phenoxy) is 5. The number of hydrogen-bond donors (Lipinski definition) is 1. The Balaban J connectivity index is 1.87. The zero-order valence-corrected chi connectivity index (χ0v) is 17.4. The van der Waals surface area contributed by atoms with E-state index in [1.807, 2.05) is 32.0 Å². The number of benzene rings is 2. The van der Waals surface area contributed by atoms with Crippen molar-refractivity contribution in [3.8, 4) is 28.7 Å². The molecule has 0 atom stereocenters. The average molecular weight is 403 g/mol. The van der Waals surface area contributed by atoms with Crippen LogP contribution in [-0.4, -0.2) is 46.5 Å². The fourth-order valence-electron chi connectivity index (χ4n) is 2.75. The van der Waals surface area contributed by atoms with Crippen LogP contribution in [0.15, 0.2) is 36.4 Å². The molecule has 158 valence electrons. The maximum Gasteiger partial charge on any atom is 0.257 e. The smallest absolute Gasteiger partial charge is 0.257 e. The van der Waals surface area contributed by atoms with Crippen molar-refractivity contribution in [2.45, 2.75) is 20.3 Å². The highest BCUT2D eigenvalue weighted by Crippen LogP contribution is 2.36. The Hall–Kier alpha value is -3.09. The van der Waals surface area contributed by atoms with E-state index in [-0.39, 0.29) is 12.5 Å². The van der Waals surface area contributed by atoms with Gasteiger partial charge in [-0.1, -0.05) is 12.1 Å². The van der Waals surface area contributed by atoms with Crippen LogP contribution in [0.3, 0.4) is 0 Å². The molecule has 0 fully saturated rings. The molecule has 29 heavy (non-hydrogen) atoms. The maximum atomic E-state index is 12.2. The molecule has 0 aliphatic carbocycles. The molecular formula is C22H29NO6. The molecule has 0 aliphatic rings. The van der Waals surface area contributed by atoms with E-state index in [4.69, 9.17) is 23.7 Å². The van der Waals surface area contributed by atoms with Crippen molar-refractivity contribution < 1.29 is 28.5 Å². The van der Waals surface area contributed by atoms with Gasteiger partial charge in [0.05, 0.1) is 27.4 Å². The second-order valence-electron chi connectivity index (χ2n) is 6.03. The quantitative estimate of drug-likeness (QED) is 0.586. The van der Waals surface area contributed by atoms with Gasteiger partial charge in [-0.25, -0.2) is 0 Å². The molecule has 0 bridgehead atoms. The van der Waals surface area contributed by atoms with Crippen LogP contribution in [0.1, 0.15) is 19.4 Å². The van der Waals surface area contributed by atoms with Gasteiger partial charge in [0, 0.05) is 6.54 Å². The first-order valence-electron chi connectivity index (χ1n) is 9.61. The van der Waals surface area contributed by atoms with Gasteiger partial charge in [-0.3, -0.25) is 4.79 Å². The number of rotatable bonds is 12. The molecule has 1 amide bonds. The molecule has 2 aromatic carbocycles. The third kappa shape index (κ3) is 6.48. The number of amides is 1. The molecular weight excluding hydrogens is 374 g/mol. The van der Waals surface area contributed by atoms with Crippen molar-refractivity contribution in [2.75, 3.05) is 40.6 Å². The molecule has 0 aromatic heterocycles. The maximum absolute atomic E-state index is 12.2. The van der Waals surface area contributed by atoms with Gasteiger partial charge in [-0.2, -0.15) is 0 Å². The first-order valence-corrected chi connectivity index (χ1v) is 9.61. The van der Waals surface area contributed by atoms with Crippen molar-refractivity contribution in [3.05, 3.63) is 42.0 Å². The Morgan fingerprint density at radius 2 is 1.52 bits per heavy atom. The highest BCUT2D eigenvalue weighted by molar-refractivity contribution is 5.77. The van der Waals surface area contributed by atoms with Crippen LogP contribution in [-0.2, 0) is 11.2 Å². The van der Waals surface area contributed by atoms with E-state index in [9.17, 15) is 4.79 Å². The number of nitrogens with one attached hydrogen (secondary N) is 1. The molecule has 2 aromatic rings. The molecule has 7 nitrogen and oxygen atoms in total. The third-order valence-electron chi connectivity index (χ3n) is 4.07. The molecule has 0 saturated heterocycles. The Bertz CT molecular complexity index is 771. The van der Waals surface area contributed by atoms with Crippen LogP contribution in [0.4, 0.5) is 0 Å². The van der Waals surface area contributed by atoms with Crippen LogP contribution in [0.5, 0.6) is 28.7 Å². The minimum atomic E-state index is -0.228. The lowest BCUT2D eigenvalue weighted by atomic mass is 10.1. The van der Waals surface area contributed by atoms with Crippen molar-refractivity contribution in [3.63, 3.8) is 0 Å². The first-order chi connectivity index (χ1) is 14.1. The molecule has 0 spiro atoms. The lowest BCUT2D eigenvalue weighted by Crippen LogP contribution is -2.30. The summed E-state index contributed by atoms with van der Waals surface area (Å²) < 4.78 is 27.3. The van der Waals surface area contributed by atoms with Crippen LogP contribution in [0.25, 0.3) is 0 Å². The van der Waals surface area contributed by atoms with Crippen LogP contribution in [0.2, 0.25) is 0 Å². The Morgan fingerprint density at radius 3 is 2.14 bits per heavy atom. The summed E-state index contributed by atoms with van der Waals surface area (Å²) in [5, 5.41) is 2.85. The molecule has 0 unspecified atom stereocenters. The average Bonchev–Trinajstić information content (AvgIpc) is 2.74. The Labute approximate surface area is 171 Å². The van der Waals surface area contributed by atoms with Gasteiger partial charge in [0.2, 0.25) is 5.75 Å². The summed E-state index contributed by atoms with van der Waals surface area (Å²) in [5.74, 6) is 2.63. The van der Waals surface area contributed by atoms with E-state index in [2.05, 4.69) is 5.32 Å². The van der Waals surface area contributed by atoms with Gasteiger partial charge in [0.1, 0.15) is 0 Å². The first kappa shape index (κ1) is 22.2. The van der Waals surface area contributed by atoms with Crippen LogP contribution in [0, 0.1) is 0 Å². The Morgan fingerprint density at radius 1 is 0.862 bits per heavy atom. The highest BCUT2D eigenvalue weighted by atomic mass is 16.5. The summed E-state index contributed by atoms with van der Waals surface area (Å²) in [6.45, 7) is 5.34. The Kier molecular flexibility index (Phi) is 8.95. The topological polar surface area (TPSA) is 75.3 Å². The number of methoxy groups -OCH3 is 2. The molecule has 0 aliphatic heterocycles. The minimum Gasteiger partial charge on any atom is -0.493 e. The SMILES string of the molecule is CCOc1ccc(CCNC(=O)COc2c(OC)cccc2OC)cc1OCC. The van der Waals surface area contributed by atoms with Crippen molar-refractivity contribution >= 4 is 5.91 Å². The second kappa shape index (κ2) is 11.7. The lowest BCUT2D eigenvalue weighted by molar-refractivity contribution is -0.123. The predicted octanol–water partition coefficient (Wildman–Crippen LogP) is 3.24. The molecule has 2 rings (SSSR count).